The zero-order valence-electron chi connectivity index (χ0n) is 12.7. The lowest BCUT2D eigenvalue weighted by molar-refractivity contribution is 0.694. The molecule has 2 nitrogen and oxygen atoms in total. The van der Waals surface area contributed by atoms with Crippen LogP contribution < -0.4 is 5.32 Å². The van der Waals surface area contributed by atoms with Crippen molar-refractivity contribution in [2.45, 2.75) is 19.9 Å². The van der Waals surface area contributed by atoms with Gasteiger partial charge < -0.3 is 5.32 Å². The van der Waals surface area contributed by atoms with Crippen LogP contribution in [0.1, 0.15) is 28.3 Å². The van der Waals surface area contributed by atoms with Gasteiger partial charge in [0.2, 0.25) is 0 Å². The molecule has 0 amide bonds. The molecule has 0 aliphatic carbocycles. The van der Waals surface area contributed by atoms with Crippen LogP contribution in [0.5, 0.6) is 0 Å². The number of hydrogen-bond donors (Lipinski definition) is 1. The van der Waals surface area contributed by atoms with Crippen molar-refractivity contribution in [3.05, 3.63) is 77.0 Å². The molecule has 0 aliphatic heterocycles. The number of nitrogens with zero attached hydrogens (tertiary/aromatic N) is 1. The predicted octanol–water partition coefficient (Wildman–Crippen LogP) is 4.16. The van der Waals surface area contributed by atoms with Crippen molar-refractivity contribution in [2.24, 2.45) is 0 Å². The highest BCUT2D eigenvalue weighted by molar-refractivity contribution is 5.82. The maximum absolute atomic E-state index is 4.58. The molecule has 1 atom stereocenters. The van der Waals surface area contributed by atoms with Crippen LogP contribution in [0.4, 0.5) is 0 Å². The number of benzene rings is 2. The molecule has 2 heteroatoms. The van der Waals surface area contributed by atoms with Gasteiger partial charge in [-0.2, -0.15) is 0 Å². The summed E-state index contributed by atoms with van der Waals surface area (Å²) in [6.45, 7) is 4.29. The van der Waals surface area contributed by atoms with Gasteiger partial charge in [0.25, 0.3) is 0 Å². The van der Waals surface area contributed by atoms with Gasteiger partial charge in [-0.1, -0.05) is 53.6 Å². The van der Waals surface area contributed by atoms with Crippen molar-refractivity contribution >= 4 is 10.9 Å². The van der Waals surface area contributed by atoms with Gasteiger partial charge in [-0.15, -0.1) is 0 Å². The number of hydrogen-bond acceptors (Lipinski definition) is 2. The molecular formula is C19H20N2. The van der Waals surface area contributed by atoms with E-state index in [2.05, 4.69) is 66.6 Å². The number of pyridine rings is 1. The fourth-order valence-corrected chi connectivity index (χ4v) is 3.04. The maximum Gasteiger partial charge on any atom is 0.0753 e. The minimum absolute atomic E-state index is 0.155. The minimum atomic E-state index is 0.155. The molecule has 3 rings (SSSR count). The van der Waals surface area contributed by atoms with Crippen molar-refractivity contribution in [3.63, 3.8) is 0 Å². The van der Waals surface area contributed by atoms with Gasteiger partial charge in [-0.25, -0.2) is 0 Å². The molecule has 106 valence electrons. The Labute approximate surface area is 125 Å². The summed E-state index contributed by atoms with van der Waals surface area (Å²) in [7, 11) is 2.00. The summed E-state index contributed by atoms with van der Waals surface area (Å²) < 4.78 is 0. The number of nitrogens with one attached hydrogen (secondary N) is 1. The zero-order chi connectivity index (χ0) is 14.8. The Kier molecular flexibility index (Phi) is 3.72. The highest BCUT2D eigenvalue weighted by Gasteiger charge is 2.15. The fraction of sp³-hybridized carbons (Fsp3) is 0.211. The number of rotatable bonds is 3. The van der Waals surface area contributed by atoms with Crippen molar-refractivity contribution < 1.29 is 0 Å². The van der Waals surface area contributed by atoms with Gasteiger partial charge in [0, 0.05) is 11.6 Å². The van der Waals surface area contributed by atoms with Crippen LogP contribution in [0.3, 0.4) is 0 Å². The monoisotopic (exact) mass is 276 g/mol. The summed E-state index contributed by atoms with van der Waals surface area (Å²) in [5.41, 5.74) is 6.16. The fourth-order valence-electron chi connectivity index (χ4n) is 3.04. The lowest BCUT2D eigenvalue weighted by atomic mass is 9.94. The van der Waals surface area contributed by atoms with Crippen LogP contribution >= 0.6 is 0 Å². The highest BCUT2D eigenvalue weighted by atomic mass is 14.9. The average Bonchev–Trinajstić information content (AvgIpc) is 2.47. The van der Waals surface area contributed by atoms with Crippen LogP contribution in [0, 0.1) is 13.8 Å². The molecule has 3 aromatic rings. The van der Waals surface area contributed by atoms with Crippen LogP contribution in [0.25, 0.3) is 10.9 Å². The number of aromatic nitrogens is 1. The van der Waals surface area contributed by atoms with Crippen LogP contribution in [-0.4, -0.2) is 12.0 Å². The lowest BCUT2D eigenvalue weighted by Gasteiger charge is -2.20. The highest BCUT2D eigenvalue weighted by Crippen LogP contribution is 2.28. The third-order valence-corrected chi connectivity index (χ3v) is 3.84. The van der Waals surface area contributed by atoms with E-state index in [0.29, 0.717) is 0 Å². The van der Waals surface area contributed by atoms with E-state index in [1.807, 2.05) is 19.3 Å². The molecule has 21 heavy (non-hydrogen) atoms. The summed E-state index contributed by atoms with van der Waals surface area (Å²) in [6, 6.07) is 17.3. The van der Waals surface area contributed by atoms with Crippen molar-refractivity contribution in [1.82, 2.24) is 10.3 Å². The van der Waals surface area contributed by atoms with E-state index >= 15 is 0 Å². The molecule has 1 N–H and O–H groups in total. The molecule has 0 fully saturated rings. The first-order valence-electron chi connectivity index (χ1n) is 7.28. The van der Waals surface area contributed by atoms with Crippen molar-refractivity contribution in [3.8, 4) is 0 Å². The first-order valence-corrected chi connectivity index (χ1v) is 7.28. The molecule has 0 aliphatic rings. The standard InChI is InChI=1S/C19H20N2/c1-13-10-14(2)12-16(11-13)18(20-3)17-8-4-6-15-7-5-9-21-19(15)17/h4-12,18,20H,1-3H3. The SMILES string of the molecule is CNC(c1cc(C)cc(C)c1)c1cccc2cccnc12. The number of aryl methyl sites for hydroxylation is 2. The largest absolute Gasteiger partial charge is 0.309 e. The van der Waals surface area contributed by atoms with E-state index < -0.39 is 0 Å². The Morgan fingerprint density at radius 2 is 1.67 bits per heavy atom. The third kappa shape index (κ3) is 2.67. The second-order valence-electron chi connectivity index (χ2n) is 5.57. The molecule has 1 heterocycles. The Bertz CT molecular complexity index is 752. The van der Waals surface area contributed by atoms with Gasteiger partial charge in [0.15, 0.2) is 0 Å². The number of para-hydroxylation sites is 1. The Morgan fingerprint density at radius 3 is 2.38 bits per heavy atom. The Hall–Kier alpha value is -2.19. The molecule has 1 aromatic heterocycles. The first kappa shape index (κ1) is 13.8. The van der Waals surface area contributed by atoms with Gasteiger partial charge in [0.05, 0.1) is 11.6 Å². The molecular weight excluding hydrogens is 256 g/mol. The Balaban J connectivity index is 2.18. The second kappa shape index (κ2) is 5.66. The maximum atomic E-state index is 4.58. The summed E-state index contributed by atoms with van der Waals surface area (Å²) in [5.74, 6) is 0. The van der Waals surface area contributed by atoms with Crippen LogP contribution in [0.15, 0.2) is 54.7 Å². The molecule has 0 radical (unpaired) electrons. The second-order valence-corrected chi connectivity index (χ2v) is 5.57. The van der Waals surface area contributed by atoms with Crippen molar-refractivity contribution in [1.29, 1.82) is 0 Å². The van der Waals surface area contributed by atoms with E-state index in [1.165, 1.54) is 27.6 Å². The summed E-state index contributed by atoms with van der Waals surface area (Å²) in [4.78, 5) is 4.58. The Morgan fingerprint density at radius 1 is 0.952 bits per heavy atom. The van der Waals surface area contributed by atoms with Gasteiger partial charge >= 0.3 is 0 Å². The quantitative estimate of drug-likeness (QED) is 0.777. The molecule has 0 saturated heterocycles. The first-order chi connectivity index (χ1) is 10.2. The average molecular weight is 276 g/mol. The van der Waals surface area contributed by atoms with Gasteiger partial charge in [-0.3, -0.25) is 4.98 Å². The summed E-state index contributed by atoms with van der Waals surface area (Å²) >= 11 is 0. The van der Waals surface area contributed by atoms with Crippen LogP contribution in [0.2, 0.25) is 0 Å². The van der Waals surface area contributed by atoms with Crippen molar-refractivity contribution in [2.75, 3.05) is 7.05 Å². The van der Waals surface area contributed by atoms with E-state index in [0.717, 1.165) is 5.52 Å². The van der Waals surface area contributed by atoms with Gasteiger partial charge in [0.1, 0.15) is 0 Å². The summed E-state index contributed by atoms with van der Waals surface area (Å²) in [6.07, 6.45) is 1.86. The zero-order valence-corrected chi connectivity index (χ0v) is 12.7. The molecule has 0 spiro atoms. The van der Waals surface area contributed by atoms with Gasteiger partial charge in [-0.05, 0) is 38.1 Å². The minimum Gasteiger partial charge on any atom is -0.309 e. The van der Waals surface area contributed by atoms with E-state index in [9.17, 15) is 0 Å². The van der Waals surface area contributed by atoms with Crippen LogP contribution in [-0.2, 0) is 0 Å². The van der Waals surface area contributed by atoms with E-state index in [4.69, 9.17) is 0 Å². The molecule has 2 aromatic carbocycles. The normalized spacial score (nSPS) is 12.5. The van der Waals surface area contributed by atoms with E-state index in [1.54, 1.807) is 0 Å². The number of fused-ring (bicyclic) bond motifs is 1. The topological polar surface area (TPSA) is 24.9 Å². The lowest BCUT2D eigenvalue weighted by Crippen LogP contribution is -2.18. The third-order valence-electron chi connectivity index (χ3n) is 3.84. The smallest absolute Gasteiger partial charge is 0.0753 e. The summed E-state index contributed by atoms with van der Waals surface area (Å²) in [5, 5.41) is 4.62. The molecule has 0 bridgehead atoms. The molecule has 1 unspecified atom stereocenters. The van der Waals surface area contributed by atoms with E-state index in [-0.39, 0.29) is 6.04 Å². The predicted molar refractivity (Wildman–Crippen MR) is 88.6 cm³/mol. The molecule has 0 saturated carbocycles.